The Morgan fingerprint density at radius 3 is 2.55 bits per heavy atom. The van der Waals surface area contributed by atoms with E-state index in [0.29, 0.717) is 6.04 Å². The lowest BCUT2D eigenvalue weighted by atomic mass is 10.0. The molecular weight excluding hydrogens is 248 g/mol. The SMILES string of the molecule is CCNC(CN(C)CCOCC)c1ccc(C)c(C)c1. The number of likely N-dealkylation sites (N-methyl/N-ethyl adjacent to an activating group) is 2. The molecule has 1 atom stereocenters. The Morgan fingerprint density at radius 2 is 1.95 bits per heavy atom. The van der Waals surface area contributed by atoms with E-state index in [4.69, 9.17) is 4.74 Å². The Morgan fingerprint density at radius 1 is 1.20 bits per heavy atom. The summed E-state index contributed by atoms with van der Waals surface area (Å²) >= 11 is 0. The van der Waals surface area contributed by atoms with Gasteiger partial charge < -0.3 is 15.0 Å². The third-order valence-electron chi connectivity index (χ3n) is 3.70. The Bertz CT molecular complexity index is 393. The van der Waals surface area contributed by atoms with Crippen molar-refractivity contribution in [2.45, 2.75) is 33.7 Å². The molecule has 1 aromatic carbocycles. The predicted molar refractivity (Wildman–Crippen MR) is 86.3 cm³/mol. The third-order valence-corrected chi connectivity index (χ3v) is 3.70. The number of nitrogens with one attached hydrogen (secondary N) is 1. The summed E-state index contributed by atoms with van der Waals surface area (Å²) < 4.78 is 5.42. The first-order valence-electron chi connectivity index (χ1n) is 7.65. The van der Waals surface area contributed by atoms with E-state index in [0.717, 1.165) is 32.8 Å². The largest absolute Gasteiger partial charge is 0.380 e. The normalized spacial score (nSPS) is 12.9. The van der Waals surface area contributed by atoms with Gasteiger partial charge in [-0.2, -0.15) is 0 Å². The molecule has 0 aliphatic heterocycles. The molecule has 1 rings (SSSR count). The average molecular weight is 278 g/mol. The standard InChI is InChI=1S/C17H30N2O/c1-6-18-17(13-19(5)10-11-20-7-2)16-9-8-14(3)15(4)12-16/h8-9,12,17-18H,6-7,10-11,13H2,1-5H3. The van der Waals surface area contributed by atoms with Crippen LogP contribution in [0.2, 0.25) is 0 Å². The van der Waals surface area contributed by atoms with Gasteiger partial charge in [0, 0.05) is 25.7 Å². The Balaban J connectivity index is 2.65. The number of rotatable bonds is 9. The first-order valence-corrected chi connectivity index (χ1v) is 7.65. The number of hydrogen-bond acceptors (Lipinski definition) is 3. The maximum absolute atomic E-state index is 5.42. The highest BCUT2D eigenvalue weighted by molar-refractivity contribution is 5.31. The zero-order chi connectivity index (χ0) is 15.0. The summed E-state index contributed by atoms with van der Waals surface area (Å²) in [7, 11) is 2.16. The van der Waals surface area contributed by atoms with Gasteiger partial charge in [-0.25, -0.2) is 0 Å². The minimum absolute atomic E-state index is 0.380. The van der Waals surface area contributed by atoms with Gasteiger partial charge in [0.2, 0.25) is 0 Å². The van der Waals surface area contributed by atoms with Crippen LogP contribution in [0.25, 0.3) is 0 Å². The summed E-state index contributed by atoms with van der Waals surface area (Å²) in [5.41, 5.74) is 4.09. The van der Waals surface area contributed by atoms with Crippen LogP contribution in [0.1, 0.15) is 36.6 Å². The van der Waals surface area contributed by atoms with E-state index in [-0.39, 0.29) is 0 Å². The van der Waals surface area contributed by atoms with Crippen LogP contribution in [0, 0.1) is 13.8 Å². The van der Waals surface area contributed by atoms with Crippen molar-refractivity contribution in [2.75, 3.05) is 39.9 Å². The van der Waals surface area contributed by atoms with E-state index in [1.807, 2.05) is 6.92 Å². The van der Waals surface area contributed by atoms with E-state index in [1.54, 1.807) is 0 Å². The average Bonchev–Trinajstić information content (AvgIpc) is 2.42. The van der Waals surface area contributed by atoms with Crippen molar-refractivity contribution < 1.29 is 4.74 Å². The van der Waals surface area contributed by atoms with Crippen molar-refractivity contribution >= 4 is 0 Å². The topological polar surface area (TPSA) is 24.5 Å². The van der Waals surface area contributed by atoms with Crippen LogP contribution in [0.3, 0.4) is 0 Å². The lowest BCUT2D eigenvalue weighted by molar-refractivity contribution is 0.119. The van der Waals surface area contributed by atoms with Gasteiger partial charge in [-0.3, -0.25) is 0 Å². The van der Waals surface area contributed by atoms with Crippen LogP contribution >= 0.6 is 0 Å². The number of aryl methyl sites for hydroxylation is 2. The molecule has 0 saturated heterocycles. The lowest BCUT2D eigenvalue weighted by Gasteiger charge is -2.25. The van der Waals surface area contributed by atoms with Crippen LogP contribution < -0.4 is 5.32 Å². The minimum Gasteiger partial charge on any atom is -0.380 e. The summed E-state index contributed by atoms with van der Waals surface area (Å²) in [5, 5.41) is 3.58. The first-order chi connectivity index (χ1) is 9.58. The molecule has 0 saturated carbocycles. The van der Waals surface area contributed by atoms with Gasteiger partial charge in [0.25, 0.3) is 0 Å². The molecule has 0 fully saturated rings. The highest BCUT2D eigenvalue weighted by Gasteiger charge is 2.13. The summed E-state index contributed by atoms with van der Waals surface area (Å²) in [5.74, 6) is 0. The summed E-state index contributed by atoms with van der Waals surface area (Å²) in [4.78, 5) is 2.33. The fraction of sp³-hybridized carbons (Fsp3) is 0.647. The first kappa shape index (κ1) is 17.2. The summed E-state index contributed by atoms with van der Waals surface area (Å²) in [6.45, 7) is 13.1. The molecule has 0 spiro atoms. The highest BCUT2D eigenvalue weighted by atomic mass is 16.5. The molecule has 1 N–H and O–H groups in total. The van der Waals surface area contributed by atoms with Crippen LogP contribution in [-0.2, 0) is 4.74 Å². The quantitative estimate of drug-likeness (QED) is 0.703. The van der Waals surface area contributed by atoms with Crippen molar-refractivity contribution in [3.8, 4) is 0 Å². The minimum atomic E-state index is 0.380. The molecule has 20 heavy (non-hydrogen) atoms. The van der Waals surface area contributed by atoms with E-state index in [1.165, 1.54) is 16.7 Å². The molecule has 0 aromatic heterocycles. The summed E-state index contributed by atoms with van der Waals surface area (Å²) in [6, 6.07) is 7.14. The van der Waals surface area contributed by atoms with Gasteiger partial charge in [-0.05, 0) is 51.1 Å². The second-order valence-corrected chi connectivity index (χ2v) is 5.41. The van der Waals surface area contributed by atoms with Crippen molar-refractivity contribution in [2.24, 2.45) is 0 Å². The third kappa shape index (κ3) is 5.61. The molecule has 1 unspecified atom stereocenters. The van der Waals surface area contributed by atoms with Crippen LogP contribution in [0.15, 0.2) is 18.2 Å². The van der Waals surface area contributed by atoms with E-state index in [2.05, 4.69) is 56.2 Å². The second kappa shape index (κ2) is 9.11. The maximum atomic E-state index is 5.42. The maximum Gasteiger partial charge on any atom is 0.0593 e. The molecule has 0 aliphatic rings. The molecule has 0 aliphatic carbocycles. The van der Waals surface area contributed by atoms with Gasteiger partial charge >= 0.3 is 0 Å². The van der Waals surface area contributed by atoms with Crippen molar-refractivity contribution in [1.82, 2.24) is 10.2 Å². The van der Waals surface area contributed by atoms with E-state index >= 15 is 0 Å². The second-order valence-electron chi connectivity index (χ2n) is 5.41. The summed E-state index contributed by atoms with van der Waals surface area (Å²) in [6.07, 6.45) is 0. The Hall–Kier alpha value is -0.900. The van der Waals surface area contributed by atoms with Crippen LogP contribution in [0.4, 0.5) is 0 Å². The van der Waals surface area contributed by atoms with Gasteiger partial charge in [-0.1, -0.05) is 25.1 Å². The fourth-order valence-electron chi connectivity index (χ4n) is 2.28. The molecule has 3 nitrogen and oxygen atoms in total. The number of nitrogens with zero attached hydrogens (tertiary/aromatic N) is 1. The monoisotopic (exact) mass is 278 g/mol. The molecule has 114 valence electrons. The lowest BCUT2D eigenvalue weighted by Crippen LogP contribution is -2.34. The molecular formula is C17H30N2O. The number of ether oxygens (including phenoxy) is 1. The van der Waals surface area contributed by atoms with E-state index in [9.17, 15) is 0 Å². The van der Waals surface area contributed by atoms with E-state index < -0.39 is 0 Å². The van der Waals surface area contributed by atoms with Crippen molar-refractivity contribution in [3.05, 3.63) is 34.9 Å². The van der Waals surface area contributed by atoms with Crippen LogP contribution in [-0.4, -0.2) is 44.8 Å². The Kier molecular flexibility index (Phi) is 7.82. The molecule has 0 heterocycles. The van der Waals surface area contributed by atoms with Gasteiger partial charge in [0.15, 0.2) is 0 Å². The zero-order valence-corrected chi connectivity index (χ0v) is 13.7. The molecule has 3 heteroatoms. The molecule has 0 bridgehead atoms. The fourth-order valence-corrected chi connectivity index (χ4v) is 2.28. The highest BCUT2D eigenvalue weighted by Crippen LogP contribution is 2.18. The van der Waals surface area contributed by atoms with Crippen molar-refractivity contribution in [1.29, 1.82) is 0 Å². The Labute approximate surface area is 124 Å². The molecule has 0 radical (unpaired) electrons. The van der Waals surface area contributed by atoms with Crippen LogP contribution in [0.5, 0.6) is 0 Å². The van der Waals surface area contributed by atoms with Crippen molar-refractivity contribution in [3.63, 3.8) is 0 Å². The molecule has 0 amide bonds. The van der Waals surface area contributed by atoms with Gasteiger partial charge in [0.05, 0.1) is 6.61 Å². The number of hydrogen-bond donors (Lipinski definition) is 1. The predicted octanol–water partition coefficient (Wildman–Crippen LogP) is 2.92. The zero-order valence-electron chi connectivity index (χ0n) is 13.7. The number of benzene rings is 1. The van der Waals surface area contributed by atoms with Gasteiger partial charge in [0.1, 0.15) is 0 Å². The molecule has 1 aromatic rings. The smallest absolute Gasteiger partial charge is 0.0593 e. The van der Waals surface area contributed by atoms with Gasteiger partial charge in [-0.15, -0.1) is 0 Å².